The molecule has 1 fully saturated rings. The number of benzene rings is 1. The number of nitrogens with two attached hydrogens (primary N) is 2. The summed E-state index contributed by atoms with van der Waals surface area (Å²) in [5.74, 6) is 8.76. The second kappa shape index (κ2) is 8.92. The minimum Gasteiger partial charge on any atom is -0.311 e. The van der Waals surface area contributed by atoms with E-state index in [1.807, 2.05) is 41.2 Å². The predicted octanol–water partition coefficient (Wildman–Crippen LogP) is -1.38. The number of hydrazine groups is 2. The van der Waals surface area contributed by atoms with Gasteiger partial charge in [-0.25, -0.2) is 16.5 Å². The molecule has 1 atom stereocenters. The van der Waals surface area contributed by atoms with Crippen molar-refractivity contribution in [3.63, 3.8) is 0 Å². The van der Waals surface area contributed by atoms with E-state index >= 15 is 0 Å². The fraction of sp³-hybridized carbons (Fsp3) is 0.375. The van der Waals surface area contributed by atoms with Gasteiger partial charge < -0.3 is 4.90 Å². The smallest absolute Gasteiger partial charge is 0.311 e. The average Bonchev–Trinajstić information content (AvgIpc) is 2.88. The number of amides is 5. The topological polar surface area (TPSA) is 151 Å². The zero-order valence-corrected chi connectivity index (χ0v) is 14.2. The van der Waals surface area contributed by atoms with Gasteiger partial charge in [0.15, 0.2) is 0 Å². The van der Waals surface area contributed by atoms with Crippen LogP contribution in [0.1, 0.15) is 18.4 Å². The molecular weight excluding hydrogens is 340 g/mol. The summed E-state index contributed by atoms with van der Waals surface area (Å²) in [5, 5.41) is 0. The van der Waals surface area contributed by atoms with Crippen molar-refractivity contribution in [2.45, 2.75) is 25.3 Å². The number of nitrogens with zero attached hydrogens (tertiary/aromatic N) is 2. The molecule has 140 valence electrons. The van der Waals surface area contributed by atoms with E-state index in [1.54, 1.807) is 0 Å². The summed E-state index contributed by atoms with van der Waals surface area (Å²) in [6.07, 6.45) is 0.191. The van der Waals surface area contributed by atoms with Gasteiger partial charge in [-0.3, -0.25) is 30.1 Å². The van der Waals surface area contributed by atoms with Crippen LogP contribution in [0.3, 0.4) is 0 Å². The largest absolute Gasteiger partial charge is 0.327 e. The van der Waals surface area contributed by atoms with Crippen molar-refractivity contribution in [2.75, 3.05) is 13.1 Å². The molecule has 10 heteroatoms. The zero-order chi connectivity index (χ0) is 19.1. The molecule has 1 aromatic carbocycles. The van der Waals surface area contributed by atoms with Gasteiger partial charge in [-0.2, -0.15) is 0 Å². The third kappa shape index (κ3) is 4.55. The lowest BCUT2D eigenvalue weighted by atomic mass is 10.0. The van der Waals surface area contributed by atoms with Crippen LogP contribution in [0.4, 0.5) is 4.79 Å². The van der Waals surface area contributed by atoms with Gasteiger partial charge in [-0.05, 0) is 5.56 Å². The van der Waals surface area contributed by atoms with E-state index in [0.717, 1.165) is 10.5 Å². The Morgan fingerprint density at radius 3 is 2.12 bits per heavy atom. The fourth-order valence-corrected chi connectivity index (χ4v) is 2.77. The van der Waals surface area contributed by atoms with Gasteiger partial charge in [0.25, 0.3) is 5.91 Å². The molecule has 0 aliphatic carbocycles. The maximum atomic E-state index is 12.7. The second-order valence-corrected chi connectivity index (χ2v) is 5.81. The van der Waals surface area contributed by atoms with Crippen LogP contribution in [0.2, 0.25) is 0 Å². The lowest BCUT2D eigenvalue weighted by molar-refractivity contribution is -0.129. The summed E-state index contributed by atoms with van der Waals surface area (Å²) >= 11 is 0. The monoisotopic (exact) mass is 362 g/mol. The van der Waals surface area contributed by atoms with Crippen molar-refractivity contribution in [3.05, 3.63) is 35.9 Å². The van der Waals surface area contributed by atoms with Crippen LogP contribution < -0.4 is 22.5 Å². The average molecular weight is 362 g/mol. The second-order valence-electron chi connectivity index (χ2n) is 5.81. The summed E-state index contributed by atoms with van der Waals surface area (Å²) in [7, 11) is 0. The van der Waals surface area contributed by atoms with Gasteiger partial charge >= 0.3 is 6.03 Å². The molecule has 0 radical (unpaired) electrons. The number of nitrogens with one attached hydrogen (secondary N) is 2. The lowest BCUT2D eigenvalue weighted by Gasteiger charge is -2.21. The highest BCUT2D eigenvalue weighted by atomic mass is 16.2. The van der Waals surface area contributed by atoms with E-state index in [0.29, 0.717) is 6.42 Å². The van der Waals surface area contributed by atoms with Crippen LogP contribution in [0.25, 0.3) is 0 Å². The number of hydrogen-bond acceptors (Lipinski definition) is 6. The number of hydrogen-bond donors (Lipinski definition) is 4. The third-order valence-corrected chi connectivity index (χ3v) is 4.14. The van der Waals surface area contributed by atoms with Crippen LogP contribution in [-0.4, -0.2) is 52.7 Å². The van der Waals surface area contributed by atoms with Crippen molar-refractivity contribution in [3.8, 4) is 0 Å². The Bertz CT molecular complexity index is 681. The van der Waals surface area contributed by atoms with Crippen LogP contribution in [0.15, 0.2) is 30.3 Å². The molecule has 0 spiro atoms. The first-order valence-electron chi connectivity index (χ1n) is 8.12. The Balaban J connectivity index is 2.16. The molecule has 1 aromatic rings. The molecule has 2 rings (SSSR count). The Hall–Kier alpha value is -2.98. The Morgan fingerprint density at radius 2 is 1.54 bits per heavy atom. The van der Waals surface area contributed by atoms with E-state index in [-0.39, 0.29) is 25.9 Å². The highest BCUT2D eigenvalue weighted by Gasteiger charge is 2.44. The normalized spacial score (nSPS) is 16.8. The molecule has 1 heterocycles. The summed E-state index contributed by atoms with van der Waals surface area (Å²) in [5.41, 5.74) is 4.84. The molecule has 1 aliphatic heterocycles. The molecule has 26 heavy (non-hydrogen) atoms. The molecule has 0 bridgehead atoms. The Labute approximate surface area is 150 Å². The van der Waals surface area contributed by atoms with Crippen LogP contribution in [-0.2, 0) is 20.8 Å². The first-order chi connectivity index (χ1) is 12.5. The van der Waals surface area contributed by atoms with E-state index in [4.69, 9.17) is 11.7 Å². The summed E-state index contributed by atoms with van der Waals surface area (Å²) in [6, 6.07) is 7.96. The van der Waals surface area contributed by atoms with Gasteiger partial charge in [-0.1, -0.05) is 30.3 Å². The predicted molar refractivity (Wildman–Crippen MR) is 91.6 cm³/mol. The van der Waals surface area contributed by atoms with E-state index in [1.165, 1.54) is 4.90 Å². The Morgan fingerprint density at radius 1 is 0.962 bits per heavy atom. The molecular formula is C16H22N6O4. The van der Waals surface area contributed by atoms with E-state index in [2.05, 4.69) is 0 Å². The van der Waals surface area contributed by atoms with Crippen molar-refractivity contribution >= 4 is 23.8 Å². The summed E-state index contributed by atoms with van der Waals surface area (Å²) in [6.45, 7) is -0.0315. The summed E-state index contributed by atoms with van der Waals surface area (Å²) < 4.78 is 0. The number of urea groups is 1. The van der Waals surface area contributed by atoms with Crippen LogP contribution >= 0.6 is 0 Å². The minimum atomic E-state index is -0.739. The van der Waals surface area contributed by atoms with Gasteiger partial charge in [0.2, 0.25) is 11.8 Å². The fourth-order valence-electron chi connectivity index (χ4n) is 2.77. The molecule has 6 N–H and O–H groups in total. The van der Waals surface area contributed by atoms with Gasteiger partial charge in [0.1, 0.15) is 6.04 Å². The molecule has 5 amide bonds. The highest BCUT2D eigenvalue weighted by Crippen LogP contribution is 2.22. The van der Waals surface area contributed by atoms with E-state index in [9.17, 15) is 19.2 Å². The SMILES string of the molecule is NNC(=O)CCN1C(=O)C(Cc2ccccc2)N(CCC(=O)NN)C1=O. The molecule has 0 aromatic heterocycles. The quantitative estimate of drug-likeness (QED) is 0.194. The molecule has 1 unspecified atom stereocenters. The van der Waals surface area contributed by atoms with Crippen molar-refractivity contribution in [1.29, 1.82) is 0 Å². The maximum absolute atomic E-state index is 12.7. The third-order valence-electron chi connectivity index (χ3n) is 4.14. The van der Waals surface area contributed by atoms with Gasteiger partial charge in [-0.15, -0.1) is 0 Å². The first kappa shape index (κ1) is 19.3. The van der Waals surface area contributed by atoms with Crippen molar-refractivity contribution in [2.24, 2.45) is 11.7 Å². The van der Waals surface area contributed by atoms with Crippen molar-refractivity contribution in [1.82, 2.24) is 20.7 Å². The molecule has 1 saturated heterocycles. The lowest BCUT2D eigenvalue weighted by Crippen LogP contribution is -2.40. The zero-order valence-electron chi connectivity index (χ0n) is 14.2. The van der Waals surface area contributed by atoms with Crippen molar-refractivity contribution < 1.29 is 19.2 Å². The minimum absolute atomic E-state index is 0.0298. The van der Waals surface area contributed by atoms with Crippen LogP contribution in [0.5, 0.6) is 0 Å². The molecule has 0 saturated carbocycles. The maximum Gasteiger partial charge on any atom is 0.327 e. The molecule has 10 nitrogen and oxygen atoms in total. The summed E-state index contributed by atoms with van der Waals surface area (Å²) in [4.78, 5) is 50.4. The first-order valence-corrected chi connectivity index (χ1v) is 8.12. The van der Waals surface area contributed by atoms with E-state index < -0.39 is 29.8 Å². The Kier molecular flexibility index (Phi) is 6.64. The number of imide groups is 1. The standard InChI is InChI=1S/C16H22N6O4/c17-19-13(23)6-8-21-12(10-11-4-2-1-3-5-11)15(25)22(16(21)26)9-7-14(24)20-18/h1-5,12H,6-10,17-18H2,(H,19,23)(H,20,24). The van der Waals surface area contributed by atoms with Gasteiger partial charge in [0.05, 0.1) is 0 Å². The van der Waals surface area contributed by atoms with Gasteiger partial charge in [0, 0.05) is 32.4 Å². The van der Waals surface area contributed by atoms with Crippen LogP contribution in [0, 0.1) is 0 Å². The molecule has 1 aliphatic rings. The highest BCUT2D eigenvalue weighted by molar-refractivity contribution is 6.04. The number of carbonyl (C=O) groups is 4. The number of carbonyl (C=O) groups excluding carboxylic acids is 4. The number of rotatable bonds is 8.